The number of nitrogens with two attached hydrogens (primary N) is 1. The van der Waals surface area contributed by atoms with E-state index >= 15 is 0 Å². The molecule has 0 bridgehead atoms. The Balaban J connectivity index is 2.21. The van der Waals surface area contributed by atoms with Crippen molar-refractivity contribution in [1.82, 2.24) is 0 Å². The summed E-state index contributed by atoms with van der Waals surface area (Å²) in [4.78, 5) is 0. The summed E-state index contributed by atoms with van der Waals surface area (Å²) < 4.78 is 4.98. The van der Waals surface area contributed by atoms with Crippen LogP contribution in [0, 0.1) is 0 Å². The fourth-order valence-corrected chi connectivity index (χ4v) is 0.738. The molecule has 1 rings (SSSR count). The van der Waals surface area contributed by atoms with Crippen molar-refractivity contribution < 1.29 is 4.74 Å². The zero-order chi connectivity index (χ0) is 5.98. The lowest BCUT2D eigenvalue weighted by Gasteiger charge is -2.24. The van der Waals surface area contributed by atoms with Gasteiger partial charge in [-0.05, 0) is 0 Å². The van der Waals surface area contributed by atoms with Crippen LogP contribution in [0.5, 0.6) is 0 Å². The standard InChI is InChI=1S/C5H10N2O/c1-8-5-2-4(3-5)7-6/h5H,2-3,6H2,1H3. The van der Waals surface area contributed by atoms with E-state index in [0.29, 0.717) is 6.10 Å². The minimum Gasteiger partial charge on any atom is -0.381 e. The Kier molecular flexibility index (Phi) is 1.48. The number of hydrogen-bond donors (Lipinski definition) is 1. The van der Waals surface area contributed by atoms with Gasteiger partial charge in [0.25, 0.3) is 0 Å². The van der Waals surface area contributed by atoms with E-state index < -0.39 is 0 Å². The van der Waals surface area contributed by atoms with Crippen LogP contribution in [0.1, 0.15) is 12.8 Å². The molecule has 0 spiro atoms. The fourth-order valence-electron chi connectivity index (χ4n) is 0.738. The molecule has 0 heterocycles. The van der Waals surface area contributed by atoms with Crippen LogP contribution in [0.15, 0.2) is 5.10 Å². The van der Waals surface area contributed by atoms with E-state index in [1.54, 1.807) is 7.11 Å². The molecule has 0 aromatic rings. The van der Waals surface area contributed by atoms with E-state index in [2.05, 4.69) is 5.10 Å². The number of hydrogen-bond acceptors (Lipinski definition) is 3. The highest BCUT2D eigenvalue weighted by molar-refractivity contribution is 5.90. The lowest BCUT2D eigenvalue weighted by Crippen LogP contribution is -2.31. The lowest BCUT2D eigenvalue weighted by atomic mass is 9.93. The van der Waals surface area contributed by atoms with E-state index in [1.807, 2.05) is 0 Å². The van der Waals surface area contributed by atoms with Gasteiger partial charge in [-0.1, -0.05) is 0 Å². The molecule has 1 saturated carbocycles. The Morgan fingerprint density at radius 1 is 1.75 bits per heavy atom. The summed E-state index contributed by atoms with van der Waals surface area (Å²) in [5.41, 5.74) is 1.07. The third-order valence-electron chi connectivity index (χ3n) is 1.44. The molecule has 46 valence electrons. The van der Waals surface area contributed by atoms with E-state index in [0.717, 1.165) is 18.6 Å². The first kappa shape index (κ1) is 5.56. The highest BCUT2D eigenvalue weighted by atomic mass is 16.5. The minimum atomic E-state index is 0.386. The maximum absolute atomic E-state index is 4.98. The zero-order valence-electron chi connectivity index (χ0n) is 4.92. The van der Waals surface area contributed by atoms with Gasteiger partial charge < -0.3 is 10.6 Å². The predicted octanol–water partition coefficient (Wildman–Crippen LogP) is 0.110. The molecule has 1 aliphatic carbocycles. The molecule has 0 aromatic carbocycles. The number of nitrogens with zero attached hydrogens (tertiary/aromatic N) is 1. The van der Waals surface area contributed by atoms with Crippen molar-refractivity contribution in [2.75, 3.05) is 7.11 Å². The summed E-state index contributed by atoms with van der Waals surface area (Å²) in [6.07, 6.45) is 2.23. The summed E-state index contributed by atoms with van der Waals surface area (Å²) in [5, 5.41) is 3.53. The zero-order valence-corrected chi connectivity index (χ0v) is 4.92. The second-order valence-corrected chi connectivity index (χ2v) is 1.96. The van der Waals surface area contributed by atoms with Gasteiger partial charge in [-0.2, -0.15) is 5.10 Å². The topological polar surface area (TPSA) is 47.6 Å². The molecule has 0 amide bonds. The van der Waals surface area contributed by atoms with Crippen LogP contribution in [0.2, 0.25) is 0 Å². The highest BCUT2D eigenvalue weighted by Crippen LogP contribution is 2.17. The number of methoxy groups -OCH3 is 1. The number of hydrazone groups is 1. The van der Waals surface area contributed by atoms with E-state index in [-0.39, 0.29) is 0 Å². The van der Waals surface area contributed by atoms with Crippen LogP contribution in [-0.4, -0.2) is 18.9 Å². The van der Waals surface area contributed by atoms with Crippen molar-refractivity contribution >= 4 is 5.71 Å². The maximum atomic E-state index is 4.98. The number of rotatable bonds is 1. The summed E-state index contributed by atoms with van der Waals surface area (Å²) in [5.74, 6) is 4.98. The Hall–Kier alpha value is -0.570. The third kappa shape index (κ3) is 0.816. The molecule has 0 saturated heterocycles. The average molecular weight is 114 g/mol. The molecule has 1 aliphatic rings. The third-order valence-corrected chi connectivity index (χ3v) is 1.44. The van der Waals surface area contributed by atoms with Crippen molar-refractivity contribution in [3.8, 4) is 0 Å². The minimum absolute atomic E-state index is 0.386. The van der Waals surface area contributed by atoms with Crippen molar-refractivity contribution in [3.05, 3.63) is 0 Å². The Bertz CT molecular complexity index is 103. The first-order valence-corrected chi connectivity index (χ1v) is 2.65. The van der Waals surface area contributed by atoms with Gasteiger partial charge in [-0.3, -0.25) is 0 Å². The van der Waals surface area contributed by atoms with Gasteiger partial charge in [0.15, 0.2) is 0 Å². The average Bonchev–Trinajstić information content (AvgIpc) is 1.65. The lowest BCUT2D eigenvalue weighted by molar-refractivity contribution is 0.0948. The number of ether oxygens (including phenoxy) is 1. The van der Waals surface area contributed by atoms with Crippen LogP contribution in [0.25, 0.3) is 0 Å². The quantitative estimate of drug-likeness (QED) is 0.388. The molecular weight excluding hydrogens is 104 g/mol. The van der Waals surface area contributed by atoms with Crippen LogP contribution in [0.4, 0.5) is 0 Å². The second-order valence-electron chi connectivity index (χ2n) is 1.96. The summed E-state index contributed by atoms with van der Waals surface area (Å²) in [6.45, 7) is 0. The van der Waals surface area contributed by atoms with Crippen molar-refractivity contribution in [1.29, 1.82) is 0 Å². The van der Waals surface area contributed by atoms with Gasteiger partial charge in [0.2, 0.25) is 0 Å². The van der Waals surface area contributed by atoms with Crippen LogP contribution in [-0.2, 0) is 4.74 Å². The van der Waals surface area contributed by atoms with Gasteiger partial charge in [-0.25, -0.2) is 0 Å². The second kappa shape index (κ2) is 2.13. The molecule has 2 N–H and O–H groups in total. The maximum Gasteiger partial charge on any atom is 0.0676 e. The van der Waals surface area contributed by atoms with Crippen molar-refractivity contribution in [2.24, 2.45) is 10.9 Å². The SMILES string of the molecule is COC1CC(=NN)C1. The van der Waals surface area contributed by atoms with Crippen LogP contribution < -0.4 is 5.84 Å². The molecule has 0 unspecified atom stereocenters. The molecule has 3 heteroatoms. The van der Waals surface area contributed by atoms with E-state index in [1.165, 1.54) is 0 Å². The van der Waals surface area contributed by atoms with E-state index in [4.69, 9.17) is 10.6 Å². The normalized spacial score (nSPS) is 27.1. The molecule has 0 atom stereocenters. The summed E-state index contributed by atoms with van der Waals surface area (Å²) >= 11 is 0. The molecule has 8 heavy (non-hydrogen) atoms. The molecule has 3 nitrogen and oxygen atoms in total. The molecule has 0 radical (unpaired) electrons. The highest BCUT2D eigenvalue weighted by Gasteiger charge is 2.23. The smallest absolute Gasteiger partial charge is 0.0676 e. The molecule has 1 fully saturated rings. The Labute approximate surface area is 48.5 Å². The molecular formula is C5H10N2O. The molecule has 0 aromatic heterocycles. The Morgan fingerprint density at radius 2 is 2.38 bits per heavy atom. The predicted molar refractivity (Wildman–Crippen MR) is 31.7 cm³/mol. The van der Waals surface area contributed by atoms with Gasteiger partial charge in [0, 0.05) is 25.7 Å². The summed E-state index contributed by atoms with van der Waals surface area (Å²) in [7, 11) is 1.71. The molecule has 0 aliphatic heterocycles. The summed E-state index contributed by atoms with van der Waals surface area (Å²) in [6, 6.07) is 0. The van der Waals surface area contributed by atoms with Gasteiger partial charge in [0.05, 0.1) is 6.10 Å². The van der Waals surface area contributed by atoms with Gasteiger partial charge >= 0.3 is 0 Å². The van der Waals surface area contributed by atoms with Crippen LogP contribution >= 0.6 is 0 Å². The van der Waals surface area contributed by atoms with Crippen molar-refractivity contribution in [2.45, 2.75) is 18.9 Å². The van der Waals surface area contributed by atoms with Gasteiger partial charge in [0.1, 0.15) is 0 Å². The fraction of sp³-hybridized carbons (Fsp3) is 0.800. The van der Waals surface area contributed by atoms with Gasteiger partial charge in [-0.15, -0.1) is 0 Å². The van der Waals surface area contributed by atoms with E-state index in [9.17, 15) is 0 Å². The monoisotopic (exact) mass is 114 g/mol. The van der Waals surface area contributed by atoms with Crippen molar-refractivity contribution in [3.63, 3.8) is 0 Å². The first-order chi connectivity index (χ1) is 3.86. The first-order valence-electron chi connectivity index (χ1n) is 2.65. The largest absolute Gasteiger partial charge is 0.381 e. The van der Waals surface area contributed by atoms with Crippen LogP contribution in [0.3, 0.4) is 0 Å². The Morgan fingerprint density at radius 3 is 2.75 bits per heavy atom.